The quantitative estimate of drug-likeness (QED) is 0.653. The van der Waals surface area contributed by atoms with Gasteiger partial charge in [-0.2, -0.15) is 4.98 Å². The molecule has 2 fully saturated rings. The fraction of sp³-hybridized carbons (Fsp3) is 0.565. The van der Waals surface area contributed by atoms with Gasteiger partial charge < -0.3 is 14.3 Å². The topological polar surface area (TPSA) is 79.5 Å². The number of hydrogen-bond donors (Lipinski definition) is 0. The number of aromatic nitrogens is 2. The highest BCUT2D eigenvalue weighted by atomic mass is 32.2. The van der Waals surface area contributed by atoms with Gasteiger partial charge in [-0.3, -0.25) is 9.59 Å². The lowest BCUT2D eigenvalue weighted by atomic mass is 9.94. The van der Waals surface area contributed by atoms with Gasteiger partial charge in [0.25, 0.3) is 5.91 Å². The maximum Gasteiger partial charge on any atom is 0.254 e. The molecule has 0 spiro atoms. The Balaban J connectivity index is 1.34. The maximum atomic E-state index is 13.2. The van der Waals surface area contributed by atoms with Crippen molar-refractivity contribution in [3.8, 4) is 0 Å². The molecule has 166 valence electrons. The maximum absolute atomic E-state index is 13.2. The number of thioether (sulfide) groups is 1. The molecule has 2 aliphatic heterocycles. The molecule has 31 heavy (non-hydrogen) atoms. The van der Waals surface area contributed by atoms with Crippen LogP contribution in [0.4, 0.5) is 0 Å². The van der Waals surface area contributed by atoms with Crippen LogP contribution in [0.15, 0.2) is 33.7 Å². The first kappa shape index (κ1) is 21.9. The number of amides is 2. The molecule has 4 rings (SSSR count). The van der Waals surface area contributed by atoms with Crippen LogP contribution in [0.25, 0.3) is 0 Å². The zero-order valence-corrected chi connectivity index (χ0v) is 18.9. The van der Waals surface area contributed by atoms with Gasteiger partial charge in [-0.25, -0.2) is 0 Å². The fourth-order valence-corrected chi connectivity index (χ4v) is 5.25. The van der Waals surface area contributed by atoms with E-state index in [1.54, 1.807) is 6.92 Å². The minimum Gasteiger partial charge on any atom is -0.342 e. The summed E-state index contributed by atoms with van der Waals surface area (Å²) in [6.45, 7) is 4.81. The third kappa shape index (κ3) is 5.47. The van der Waals surface area contributed by atoms with Crippen LogP contribution < -0.4 is 0 Å². The summed E-state index contributed by atoms with van der Waals surface area (Å²) < 4.78 is 5.03. The van der Waals surface area contributed by atoms with E-state index >= 15 is 0 Å². The molecule has 0 saturated carbocycles. The average Bonchev–Trinajstić information content (AvgIpc) is 3.04. The van der Waals surface area contributed by atoms with Crippen LogP contribution in [0.3, 0.4) is 0 Å². The van der Waals surface area contributed by atoms with Gasteiger partial charge in [-0.1, -0.05) is 30.1 Å². The average molecular weight is 443 g/mol. The monoisotopic (exact) mass is 442 g/mol. The van der Waals surface area contributed by atoms with E-state index in [-0.39, 0.29) is 11.8 Å². The molecule has 2 amide bonds. The molecule has 2 aromatic rings. The number of piperidine rings is 1. The first-order chi connectivity index (χ1) is 15.1. The smallest absolute Gasteiger partial charge is 0.254 e. The van der Waals surface area contributed by atoms with E-state index in [4.69, 9.17) is 4.52 Å². The Kier molecular flexibility index (Phi) is 7.27. The highest BCUT2D eigenvalue weighted by molar-refractivity contribution is 7.98. The summed E-state index contributed by atoms with van der Waals surface area (Å²) in [7, 11) is 0. The summed E-state index contributed by atoms with van der Waals surface area (Å²) in [4.78, 5) is 35.2. The first-order valence-electron chi connectivity index (χ1n) is 11.2. The third-order valence-electron chi connectivity index (χ3n) is 6.09. The van der Waals surface area contributed by atoms with E-state index in [0.29, 0.717) is 42.0 Å². The van der Waals surface area contributed by atoms with Crippen LogP contribution in [-0.4, -0.2) is 57.9 Å². The molecule has 0 N–H and O–H groups in total. The van der Waals surface area contributed by atoms with E-state index in [1.165, 1.54) is 24.6 Å². The summed E-state index contributed by atoms with van der Waals surface area (Å²) in [5.74, 6) is 2.09. The van der Waals surface area contributed by atoms with Gasteiger partial charge in [0.1, 0.15) is 0 Å². The van der Waals surface area contributed by atoms with E-state index in [9.17, 15) is 9.59 Å². The molecule has 7 nitrogen and oxygen atoms in total. The molecular weight excluding hydrogens is 412 g/mol. The fourth-order valence-electron chi connectivity index (χ4n) is 4.36. The summed E-state index contributed by atoms with van der Waals surface area (Å²) in [6.07, 6.45) is 6.17. The van der Waals surface area contributed by atoms with Gasteiger partial charge in [0.15, 0.2) is 5.82 Å². The molecule has 0 aliphatic carbocycles. The Morgan fingerprint density at radius 2 is 1.74 bits per heavy atom. The Morgan fingerprint density at radius 1 is 1.03 bits per heavy atom. The summed E-state index contributed by atoms with van der Waals surface area (Å²) in [6, 6.07) is 7.67. The third-order valence-corrected chi connectivity index (χ3v) is 7.16. The Morgan fingerprint density at radius 3 is 2.42 bits per heavy atom. The van der Waals surface area contributed by atoms with Crippen LogP contribution in [0.2, 0.25) is 0 Å². The van der Waals surface area contributed by atoms with E-state index in [2.05, 4.69) is 15.0 Å². The summed E-state index contributed by atoms with van der Waals surface area (Å²) >= 11 is 1.54. The van der Waals surface area contributed by atoms with Gasteiger partial charge in [-0.15, -0.1) is 11.8 Å². The number of benzene rings is 1. The highest BCUT2D eigenvalue weighted by Gasteiger charge is 2.31. The minimum absolute atomic E-state index is 0.0352. The summed E-state index contributed by atoms with van der Waals surface area (Å²) in [5.41, 5.74) is 0.699. The zero-order chi connectivity index (χ0) is 21.6. The normalized spacial score (nSPS) is 18.1. The van der Waals surface area contributed by atoms with Crippen molar-refractivity contribution >= 4 is 23.6 Å². The molecule has 0 atom stereocenters. The SMILES string of the molecule is Cc1nc(CSc2ccccc2C(=O)N2CCC(C(=O)N3CCCCCC3)CC2)no1. The molecule has 8 heteroatoms. The van der Waals surface area contributed by atoms with Crippen molar-refractivity contribution in [2.75, 3.05) is 26.2 Å². The second-order valence-electron chi connectivity index (χ2n) is 8.32. The number of carbonyl (C=O) groups excluding carboxylic acids is 2. The number of carbonyl (C=O) groups is 2. The highest BCUT2D eigenvalue weighted by Crippen LogP contribution is 2.28. The number of aryl methyl sites for hydroxylation is 1. The standard InChI is InChI=1S/C23H30N4O3S/c1-17-24-21(25-30-17)16-31-20-9-5-4-8-19(20)23(29)27-14-10-18(11-15-27)22(28)26-12-6-2-3-7-13-26/h4-5,8-9,18H,2-3,6-7,10-16H2,1H3. The Hall–Kier alpha value is -2.35. The predicted octanol–water partition coefficient (Wildman–Crippen LogP) is 3.93. The lowest BCUT2D eigenvalue weighted by Crippen LogP contribution is -2.44. The van der Waals surface area contributed by atoms with Gasteiger partial charge in [0.2, 0.25) is 11.8 Å². The van der Waals surface area contributed by atoms with Crippen molar-refractivity contribution in [3.63, 3.8) is 0 Å². The summed E-state index contributed by atoms with van der Waals surface area (Å²) in [5, 5.41) is 3.93. The van der Waals surface area contributed by atoms with Crippen LogP contribution in [-0.2, 0) is 10.5 Å². The second-order valence-corrected chi connectivity index (χ2v) is 9.34. The van der Waals surface area contributed by atoms with Crippen molar-refractivity contribution < 1.29 is 14.1 Å². The molecule has 0 unspecified atom stereocenters. The first-order valence-corrected chi connectivity index (χ1v) is 12.2. The second kappa shape index (κ2) is 10.3. The molecule has 2 aliphatic rings. The van der Waals surface area contributed by atoms with Crippen molar-refractivity contribution in [2.24, 2.45) is 5.92 Å². The lowest BCUT2D eigenvalue weighted by Gasteiger charge is -2.34. The lowest BCUT2D eigenvalue weighted by molar-refractivity contribution is -0.136. The van der Waals surface area contributed by atoms with Crippen molar-refractivity contribution in [3.05, 3.63) is 41.5 Å². The number of likely N-dealkylation sites (tertiary alicyclic amines) is 2. The molecular formula is C23H30N4O3S. The molecule has 1 aromatic carbocycles. The zero-order valence-electron chi connectivity index (χ0n) is 18.1. The number of nitrogens with zero attached hydrogens (tertiary/aromatic N) is 4. The Bertz CT molecular complexity index is 900. The van der Waals surface area contributed by atoms with Gasteiger partial charge in [0, 0.05) is 43.9 Å². The number of rotatable bonds is 5. The van der Waals surface area contributed by atoms with E-state index < -0.39 is 0 Å². The predicted molar refractivity (Wildman–Crippen MR) is 119 cm³/mol. The van der Waals surface area contributed by atoms with Crippen molar-refractivity contribution in [1.29, 1.82) is 0 Å². The van der Waals surface area contributed by atoms with Crippen LogP contribution in [0.1, 0.15) is 60.6 Å². The van der Waals surface area contributed by atoms with Crippen LogP contribution in [0.5, 0.6) is 0 Å². The molecule has 1 aromatic heterocycles. The van der Waals surface area contributed by atoms with Gasteiger partial charge >= 0.3 is 0 Å². The number of hydrogen-bond acceptors (Lipinski definition) is 6. The van der Waals surface area contributed by atoms with E-state index in [0.717, 1.165) is 43.7 Å². The van der Waals surface area contributed by atoms with Crippen molar-refractivity contribution in [2.45, 2.75) is 56.1 Å². The van der Waals surface area contributed by atoms with Gasteiger partial charge in [-0.05, 0) is 37.8 Å². The minimum atomic E-state index is 0.0352. The van der Waals surface area contributed by atoms with E-state index in [1.807, 2.05) is 29.2 Å². The molecule has 3 heterocycles. The van der Waals surface area contributed by atoms with Crippen LogP contribution >= 0.6 is 11.8 Å². The Labute approximate surface area is 187 Å². The van der Waals surface area contributed by atoms with Gasteiger partial charge in [0.05, 0.1) is 11.3 Å². The molecule has 0 bridgehead atoms. The largest absolute Gasteiger partial charge is 0.342 e. The van der Waals surface area contributed by atoms with Crippen molar-refractivity contribution in [1.82, 2.24) is 19.9 Å². The van der Waals surface area contributed by atoms with Crippen LogP contribution in [0, 0.1) is 12.8 Å². The molecule has 0 radical (unpaired) electrons. The molecule has 2 saturated heterocycles.